The summed E-state index contributed by atoms with van der Waals surface area (Å²) in [5, 5.41) is 3.35. The maximum atomic E-state index is 14.0. The second-order valence-corrected chi connectivity index (χ2v) is 7.97. The second kappa shape index (κ2) is 10.2. The third-order valence-electron chi connectivity index (χ3n) is 6.15. The number of nitrogens with one attached hydrogen (secondary N) is 1. The molecule has 1 N–H and O–H groups in total. The minimum Gasteiger partial charge on any atom is -0.378 e. The lowest BCUT2D eigenvalue weighted by molar-refractivity contribution is -0.140. The fourth-order valence-electron chi connectivity index (χ4n) is 4.38. The molecule has 2 saturated heterocycles. The van der Waals surface area contributed by atoms with E-state index in [9.17, 15) is 13.6 Å². The van der Waals surface area contributed by atoms with Crippen molar-refractivity contribution in [2.45, 2.75) is 31.2 Å². The molecular weight excluding hydrogens is 505 g/mol. The highest BCUT2D eigenvalue weighted by atomic mass is 127. The highest BCUT2D eigenvalue weighted by molar-refractivity contribution is 14.0. The van der Waals surface area contributed by atoms with Crippen LogP contribution in [-0.2, 0) is 9.53 Å². The number of guanidine groups is 1. The number of ether oxygens (including phenoxy) is 1. The lowest BCUT2D eigenvalue weighted by Crippen LogP contribution is -2.50. The summed E-state index contributed by atoms with van der Waals surface area (Å²) in [6.45, 7) is 4.08. The lowest BCUT2D eigenvalue weighted by Gasteiger charge is -2.36. The van der Waals surface area contributed by atoms with Crippen LogP contribution in [0.5, 0.6) is 0 Å². The van der Waals surface area contributed by atoms with Crippen molar-refractivity contribution in [3.05, 3.63) is 35.4 Å². The van der Waals surface area contributed by atoms with Crippen molar-refractivity contribution in [2.75, 3.05) is 46.4 Å². The Labute approximate surface area is 193 Å². The van der Waals surface area contributed by atoms with E-state index in [2.05, 4.69) is 15.2 Å². The van der Waals surface area contributed by atoms with Gasteiger partial charge in [-0.1, -0.05) is 6.07 Å². The van der Waals surface area contributed by atoms with Crippen LogP contribution in [0.3, 0.4) is 0 Å². The molecule has 2 aliphatic heterocycles. The maximum absolute atomic E-state index is 14.0. The number of carbonyl (C=O) groups excluding carboxylic acids is 1. The predicted octanol–water partition coefficient (Wildman–Crippen LogP) is 2.58. The Hall–Kier alpha value is -1.49. The van der Waals surface area contributed by atoms with Crippen LogP contribution in [0.15, 0.2) is 23.2 Å². The zero-order valence-corrected chi connectivity index (χ0v) is 19.5. The number of halogens is 3. The molecular formula is C21H29F2IN4O2. The van der Waals surface area contributed by atoms with Crippen molar-refractivity contribution in [1.29, 1.82) is 0 Å². The van der Waals surface area contributed by atoms with Gasteiger partial charge in [-0.25, -0.2) is 8.78 Å². The number of hydrogen-bond donors (Lipinski definition) is 1. The van der Waals surface area contributed by atoms with Gasteiger partial charge in [0.2, 0.25) is 5.91 Å². The average molecular weight is 534 g/mol. The van der Waals surface area contributed by atoms with Gasteiger partial charge in [0.05, 0.1) is 13.2 Å². The third-order valence-corrected chi connectivity index (χ3v) is 6.15. The number of piperidine rings is 1. The number of nitrogens with zero attached hydrogens (tertiary/aromatic N) is 3. The smallest absolute Gasteiger partial charge is 0.225 e. The highest BCUT2D eigenvalue weighted by Crippen LogP contribution is 2.43. The maximum Gasteiger partial charge on any atom is 0.225 e. The van der Waals surface area contributed by atoms with Crippen molar-refractivity contribution in [3.63, 3.8) is 0 Å². The van der Waals surface area contributed by atoms with Crippen molar-refractivity contribution in [2.24, 2.45) is 10.9 Å². The summed E-state index contributed by atoms with van der Waals surface area (Å²) < 4.78 is 33.3. The normalized spacial score (nSPS) is 25.0. The fraction of sp³-hybridized carbons (Fsp3) is 0.619. The lowest BCUT2D eigenvalue weighted by atomic mass is 9.95. The van der Waals surface area contributed by atoms with E-state index in [1.165, 1.54) is 18.2 Å². The van der Waals surface area contributed by atoms with Crippen molar-refractivity contribution in [3.8, 4) is 0 Å². The molecule has 2 unspecified atom stereocenters. The van der Waals surface area contributed by atoms with Crippen LogP contribution >= 0.6 is 24.0 Å². The molecule has 0 bridgehead atoms. The number of benzene rings is 1. The van der Waals surface area contributed by atoms with E-state index in [0.29, 0.717) is 32.7 Å². The largest absolute Gasteiger partial charge is 0.378 e. The van der Waals surface area contributed by atoms with Crippen molar-refractivity contribution in [1.82, 2.24) is 15.1 Å². The van der Waals surface area contributed by atoms with Crippen LogP contribution in [0.1, 0.15) is 30.7 Å². The summed E-state index contributed by atoms with van der Waals surface area (Å²) in [5.74, 6) is -0.134. The molecule has 0 spiro atoms. The quantitative estimate of drug-likeness (QED) is 0.368. The first-order valence-electron chi connectivity index (χ1n) is 10.4. The molecule has 1 aromatic carbocycles. The monoisotopic (exact) mass is 534 g/mol. The number of amides is 1. The van der Waals surface area contributed by atoms with Gasteiger partial charge in [0, 0.05) is 56.7 Å². The molecule has 1 aliphatic carbocycles. The van der Waals surface area contributed by atoms with Gasteiger partial charge in [-0.05, 0) is 31.4 Å². The van der Waals surface area contributed by atoms with E-state index in [4.69, 9.17) is 4.74 Å². The SMILES string of the molecule is CN=C(NC1CC1c1c(F)cccc1F)N1CCC(C(=O)N2CCOCC2)CC1.I. The summed E-state index contributed by atoms with van der Waals surface area (Å²) in [4.78, 5) is 21.1. The number of aliphatic imine (C=N–C) groups is 1. The van der Waals surface area contributed by atoms with Gasteiger partial charge < -0.3 is 19.9 Å². The zero-order valence-electron chi connectivity index (χ0n) is 17.2. The molecule has 30 heavy (non-hydrogen) atoms. The molecule has 2 atom stereocenters. The third kappa shape index (κ3) is 5.04. The first kappa shape index (κ1) is 23.2. The van der Waals surface area contributed by atoms with Crippen molar-refractivity contribution >= 4 is 35.8 Å². The van der Waals surface area contributed by atoms with E-state index < -0.39 is 11.6 Å². The molecule has 0 radical (unpaired) electrons. The molecule has 166 valence electrons. The number of carbonyl (C=O) groups is 1. The number of likely N-dealkylation sites (tertiary alicyclic amines) is 1. The molecule has 1 amide bonds. The van der Waals surface area contributed by atoms with E-state index in [0.717, 1.165) is 31.9 Å². The second-order valence-electron chi connectivity index (χ2n) is 7.97. The Morgan fingerprint density at radius 3 is 2.33 bits per heavy atom. The van der Waals surface area contributed by atoms with Crippen LogP contribution in [0.4, 0.5) is 8.78 Å². The summed E-state index contributed by atoms with van der Waals surface area (Å²) in [7, 11) is 1.72. The predicted molar refractivity (Wildman–Crippen MR) is 121 cm³/mol. The molecule has 6 nitrogen and oxygen atoms in total. The molecule has 4 rings (SSSR count). The first-order chi connectivity index (χ1) is 14.1. The van der Waals surface area contributed by atoms with Crippen LogP contribution < -0.4 is 5.32 Å². The Balaban J connectivity index is 0.00000256. The molecule has 0 aromatic heterocycles. The van der Waals surface area contributed by atoms with Gasteiger partial charge in [0.1, 0.15) is 11.6 Å². The minimum absolute atomic E-state index is 0. The Morgan fingerprint density at radius 1 is 1.10 bits per heavy atom. The van der Waals surface area contributed by atoms with Gasteiger partial charge in [0.25, 0.3) is 0 Å². The average Bonchev–Trinajstić information content (AvgIpc) is 3.51. The van der Waals surface area contributed by atoms with E-state index in [1.54, 1.807) is 7.05 Å². The summed E-state index contributed by atoms with van der Waals surface area (Å²) >= 11 is 0. The van der Waals surface area contributed by atoms with Gasteiger partial charge in [-0.3, -0.25) is 9.79 Å². The molecule has 3 aliphatic rings. The van der Waals surface area contributed by atoms with E-state index >= 15 is 0 Å². The van der Waals surface area contributed by atoms with Gasteiger partial charge in [-0.15, -0.1) is 24.0 Å². The number of hydrogen-bond acceptors (Lipinski definition) is 3. The highest BCUT2D eigenvalue weighted by Gasteiger charge is 2.43. The Bertz CT molecular complexity index is 760. The minimum atomic E-state index is -0.489. The molecule has 3 fully saturated rings. The van der Waals surface area contributed by atoms with Crippen LogP contribution in [-0.4, -0.2) is 74.1 Å². The van der Waals surface area contributed by atoms with Crippen molar-refractivity contribution < 1.29 is 18.3 Å². The van der Waals surface area contributed by atoms with E-state index in [-0.39, 0.29) is 53.3 Å². The van der Waals surface area contributed by atoms with Crippen LogP contribution in [0.2, 0.25) is 0 Å². The first-order valence-corrected chi connectivity index (χ1v) is 10.4. The number of rotatable bonds is 3. The van der Waals surface area contributed by atoms with Gasteiger partial charge in [0.15, 0.2) is 5.96 Å². The van der Waals surface area contributed by atoms with Gasteiger partial charge in [-0.2, -0.15) is 0 Å². The van der Waals surface area contributed by atoms with E-state index in [1.807, 2.05) is 4.90 Å². The summed E-state index contributed by atoms with van der Waals surface area (Å²) in [5.41, 5.74) is 0.162. The fourth-order valence-corrected chi connectivity index (χ4v) is 4.38. The number of morpholine rings is 1. The molecule has 9 heteroatoms. The topological polar surface area (TPSA) is 57.2 Å². The van der Waals surface area contributed by atoms with Crippen LogP contribution in [0.25, 0.3) is 0 Å². The molecule has 1 saturated carbocycles. The summed E-state index contributed by atoms with van der Waals surface area (Å²) in [6.07, 6.45) is 2.25. The molecule has 2 heterocycles. The standard InChI is InChI=1S/C21H28F2N4O2.HI/c1-24-21(25-18-13-15(18)19-16(22)3-2-4-17(19)23)27-7-5-14(6-8-27)20(28)26-9-11-29-12-10-26;/h2-4,14-15,18H,5-13H2,1H3,(H,24,25);1H. The van der Waals surface area contributed by atoms with Gasteiger partial charge >= 0.3 is 0 Å². The molecule has 1 aromatic rings. The summed E-state index contributed by atoms with van der Waals surface area (Å²) in [6, 6.07) is 3.98. The van der Waals surface area contributed by atoms with Crippen LogP contribution in [0, 0.1) is 17.6 Å². The zero-order chi connectivity index (χ0) is 20.4. The Kier molecular flexibility index (Phi) is 7.89. The Morgan fingerprint density at radius 2 is 1.73 bits per heavy atom.